The fraction of sp³-hybridized carbons (Fsp3) is 0.571. The van der Waals surface area contributed by atoms with E-state index in [9.17, 15) is 4.79 Å². The van der Waals surface area contributed by atoms with Crippen molar-refractivity contribution < 1.29 is 9.53 Å². The number of hydrogen-bond acceptors (Lipinski definition) is 4. The second-order valence-electron chi connectivity index (χ2n) is 5.35. The molecule has 1 aromatic rings. The molecule has 0 aromatic carbocycles. The molecule has 2 atom stereocenters. The Morgan fingerprint density at radius 2 is 2.43 bits per heavy atom. The molecule has 3 heterocycles. The van der Waals surface area contributed by atoms with Gasteiger partial charge in [0.1, 0.15) is 5.82 Å². The highest BCUT2D eigenvalue weighted by Gasteiger charge is 2.42. The summed E-state index contributed by atoms with van der Waals surface area (Å²) in [4.78, 5) is 20.6. The summed E-state index contributed by atoms with van der Waals surface area (Å²) >= 11 is 3.54. The number of aromatic nitrogens is 1. The van der Waals surface area contributed by atoms with E-state index >= 15 is 0 Å². The van der Waals surface area contributed by atoms with E-state index in [1.807, 2.05) is 17.0 Å². The van der Waals surface area contributed by atoms with Crippen molar-refractivity contribution in [1.29, 1.82) is 0 Å². The predicted octanol–water partition coefficient (Wildman–Crippen LogP) is 1.46. The number of amides is 2. The standard InChI is InChI=1S/C14H19BrN4O2/c1-21-8-7-19-12-4-6-18(9-11(12)17-14(19)20)13-10(15)3-2-5-16-13/h2-3,5,11-12H,4,6-9H2,1H3,(H,17,20)/t11-,12+/m1/s1. The number of hydrogen-bond donors (Lipinski definition) is 1. The Labute approximate surface area is 132 Å². The Kier molecular flexibility index (Phi) is 4.30. The highest BCUT2D eigenvalue weighted by Crippen LogP contribution is 2.29. The molecule has 3 rings (SSSR count). The lowest BCUT2D eigenvalue weighted by atomic mass is 10.00. The minimum atomic E-state index is 0.0176. The molecule has 6 nitrogen and oxygen atoms in total. The van der Waals surface area contributed by atoms with Gasteiger partial charge in [-0.05, 0) is 34.5 Å². The number of rotatable bonds is 4. The summed E-state index contributed by atoms with van der Waals surface area (Å²) in [7, 11) is 1.66. The molecule has 114 valence electrons. The van der Waals surface area contributed by atoms with Gasteiger partial charge in [-0.15, -0.1) is 0 Å². The third-order valence-corrected chi connectivity index (χ3v) is 4.74. The second-order valence-corrected chi connectivity index (χ2v) is 6.21. The van der Waals surface area contributed by atoms with E-state index in [4.69, 9.17) is 4.74 Å². The Balaban J connectivity index is 1.70. The normalized spacial score (nSPS) is 25.0. The number of carbonyl (C=O) groups is 1. The zero-order valence-corrected chi connectivity index (χ0v) is 13.5. The predicted molar refractivity (Wildman–Crippen MR) is 83.5 cm³/mol. The molecular formula is C14H19BrN4O2. The third-order valence-electron chi connectivity index (χ3n) is 4.12. The maximum Gasteiger partial charge on any atom is 0.318 e. The zero-order chi connectivity index (χ0) is 14.8. The first-order valence-electron chi connectivity index (χ1n) is 7.12. The first-order chi connectivity index (χ1) is 10.2. The van der Waals surface area contributed by atoms with Gasteiger partial charge in [-0.2, -0.15) is 0 Å². The zero-order valence-electron chi connectivity index (χ0n) is 12.0. The Morgan fingerprint density at radius 3 is 3.19 bits per heavy atom. The molecule has 7 heteroatoms. The third kappa shape index (κ3) is 2.85. The molecule has 21 heavy (non-hydrogen) atoms. The van der Waals surface area contributed by atoms with Crippen molar-refractivity contribution in [2.45, 2.75) is 18.5 Å². The quantitative estimate of drug-likeness (QED) is 0.889. The van der Waals surface area contributed by atoms with E-state index in [2.05, 4.69) is 31.1 Å². The van der Waals surface area contributed by atoms with E-state index in [1.165, 1.54) is 0 Å². The van der Waals surface area contributed by atoms with Crippen molar-refractivity contribution in [3.05, 3.63) is 22.8 Å². The topological polar surface area (TPSA) is 57.7 Å². The lowest BCUT2D eigenvalue weighted by molar-refractivity contribution is 0.140. The van der Waals surface area contributed by atoms with Crippen LogP contribution in [-0.2, 0) is 4.74 Å². The van der Waals surface area contributed by atoms with Gasteiger partial charge in [0, 0.05) is 32.9 Å². The lowest BCUT2D eigenvalue weighted by Crippen LogP contribution is -2.52. The average Bonchev–Trinajstić information content (AvgIpc) is 2.80. The molecule has 0 radical (unpaired) electrons. The Hall–Kier alpha value is -1.34. The van der Waals surface area contributed by atoms with Crippen molar-refractivity contribution in [2.75, 3.05) is 38.3 Å². The number of nitrogens with one attached hydrogen (secondary N) is 1. The summed E-state index contributed by atoms with van der Waals surface area (Å²) in [5.41, 5.74) is 0. The van der Waals surface area contributed by atoms with Crippen LogP contribution < -0.4 is 10.2 Å². The summed E-state index contributed by atoms with van der Waals surface area (Å²) in [6.45, 7) is 2.91. The maximum absolute atomic E-state index is 12.1. The Morgan fingerprint density at radius 1 is 1.57 bits per heavy atom. The fourth-order valence-corrected chi connectivity index (χ4v) is 3.61. The van der Waals surface area contributed by atoms with E-state index in [1.54, 1.807) is 13.3 Å². The highest BCUT2D eigenvalue weighted by atomic mass is 79.9. The molecule has 2 aliphatic heterocycles. The van der Waals surface area contributed by atoms with Crippen molar-refractivity contribution in [2.24, 2.45) is 0 Å². The summed E-state index contributed by atoms with van der Waals surface area (Å²) in [6, 6.07) is 4.32. The van der Waals surface area contributed by atoms with Crippen LogP contribution in [0.15, 0.2) is 22.8 Å². The number of urea groups is 1. The van der Waals surface area contributed by atoms with Gasteiger partial charge in [-0.25, -0.2) is 9.78 Å². The van der Waals surface area contributed by atoms with Crippen molar-refractivity contribution in [3.8, 4) is 0 Å². The number of anilines is 1. The van der Waals surface area contributed by atoms with Crippen LogP contribution in [0.3, 0.4) is 0 Å². The molecule has 2 saturated heterocycles. The van der Waals surface area contributed by atoms with Gasteiger partial charge in [-0.1, -0.05) is 0 Å². The van der Waals surface area contributed by atoms with Crippen molar-refractivity contribution >= 4 is 27.8 Å². The molecule has 2 amide bonds. The smallest absolute Gasteiger partial charge is 0.318 e. The summed E-state index contributed by atoms with van der Waals surface area (Å²) < 4.78 is 6.08. The molecule has 0 spiro atoms. The molecule has 0 saturated carbocycles. The van der Waals surface area contributed by atoms with E-state index < -0.39 is 0 Å². The number of halogens is 1. The molecule has 0 aliphatic carbocycles. The second kappa shape index (κ2) is 6.19. The maximum atomic E-state index is 12.1. The van der Waals surface area contributed by atoms with Gasteiger partial charge in [-0.3, -0.25) is 0 Å². The van der Waals surface area contributed by atoms with Gasteiger partial charge in [0.15, 0.2) is 0 Å². The van der Waals surface area contributed by atoms with Crippen LogP contribution in [0.4, 0.5) is 10.6 Å². The summed E-state index contributed by atoms with van der Waals surface area (Å²) in [6.07, 6.45) is 2.74. The van der Waals surface area contributed by atoms with Gasteiger partial charge in [0.2, 0.25) is 0 Å². The van der Waals surface area contributed by atoms with Crippen LogP contribution in [0.25, 0.3) is 0 Å². The number of nitrogens with zero attached hydrogens (tertiary/aromatic N) is 3. The van der Waals surface area contributed by atoms with E-state index in [-0.39, 0.29) is 18.1 Å². The number of fused-ring (bicyclic) bond motifs is 1. The minimum Gasteiger partial charge on any atom is -0.383 e. The van der Waals surface area contributed by atoms with Gasteiger partial charge < -0.3 is 19.9 Å². The largest absolute Gasteiger partial charge is 0.383 e. The SMILES string of the molecule is COCCN1C(=O)N[C@@H]2CN(c3ncccc3Br)CC[C@@H]21. The highest BCUT2D eigenvalue weighted by molar-refractivity contribution is 9.10. The number of piperidine rings is 1. The first-order valence-corrected chi connectivity index (χ1v) is 7.91. The Bertz CT molecular complexity index is 527. The van der Waals surface area contributed by atoms with Crippen LogP contribution in [-0.4, -0.2) is 61.3 Å². The van der Waals surface area contributed by atoms with Crippen LogP contribution in [0.1, 0.15) is 6.42 Å². The van der Waals surface area contributed by atoms with E-state index in [0.717, 1.165) is 29.8 Å². The van der Waals surface area contributed by atoms with Crippen LogP contribution >= 0.6 is 15.9 Å². The molecule has 1 aromatic heterocycles. The summed E-state index contributed by atoms with van der Waals surface area (Å²) in [5.74, 6) is 0.945. The van der Waals surface area contributed by atoms with Crippen LogP contribution in [0.5, 0.6) is 0 Å². The van der Waals surface area contributed by atoms with Gasteiger partial charge in [0.25, 0.3) is 0 Å². The van der Waals surface area contributed by atoms with E-state index in [0.29, 0.717) is 13.2 Å². The van der Waals surface area contributed by atoms with Gasteiger partial charge >= 0.3 is 6.03 Å². The number of pyridine rings is 1. The monoisotopic (exact) mass is 354 g/mol. The number of ether oxygens (including phenoxy) is 1. The van der Waals surface area contributed by atoms with Crippen molar-refractivity contribution in [3.63, 3.8) is 0 Å². The van der Waals surface area contributed by atoms with Crippen LogP contribution in [0.2, 0.25) is 0 Å². The molecular weight excluding hydrogens is 336 g/mol. The molecule has 2 fully saturated rings. The lowest BCUT2D eigenvalue weighted by Gasteiger charge is -2.37. The molecule has 1 N–H and O–H groups in total. The number of methoxy groups -OCH3 is 1. The average molecular weight is 355 g/mol. The minimum absolute atomic E-state index is 0.0176. The fourth-order valence-electron chi connectivity index (χ4n) is 3.11. The van der Waals surface area contributed by atoms with Crippen molar-refractivity contribution in [1.82, 2.24) is 15.2 Å². The van der Waals surface area contributed by atoms with Crippen LogP contribution in [0, 0.1) is 0 Å². The number of carbonyl (C=O) groups excluding carboxylic acids is 1. The van der Waals surface area contributed by atoms with Gasteiger partial charge in [0.05, 0.1) is 23.2 Å². The molecule has 2 aliphatic rings. The molecule has 0 unspecified atom stereocenters. The molecule has 0 bridgehead atoms. The summed E-state index contributed by atoms with van der Waals surface area (Å²) in [5, 5.41) is 3.08. The first kappa shape index (κ1) is 14.6.